The van der Waals surface area contributed by atoms with Crippen molar-refractivity contribution in [2.24, 2.45) is 0 Å². The Kier molecular flexibility index (Phi) is 4.91. The SMILES string of the molecule is Nc1ccc2c(-c3ccc(C(=O)O)cc3C(=O)O)c3ccc(N)c(S(=O)(=O)Cl)c3[o+]c2c1. The average Bonchev–Trinajstić information content (AvgIpc) is 2.70. The lowest BCUT2D eigenvalue weighted by atomic mass is 9.92. The van der Waals surface area contributed by atoms with E-state index in [1.165, 1.54) is 30.3 Å². The molecule has 32 heavy (non-hydrogen) atoms. The molecule has 1 aromatic heterocycles. The lowest BCUT2D eigenvalue weighted by Gasteiger charge is -2.11. The Labute approximate surface area is 184 Å². The summed E-state index contributed by atoms with van der Waals surface area (Å²) in [5.74, 6) is -2.67. The van der Waals surface area contributed by atoms with Crippen molar-refractivity contribution >= 4 is 65.0 Å². The van der Waals surface area contributed by atoms with E-state index >= 15 is 0 Å². The Bertz CT molecular complexity index is 1580. The van der Waals surface area contributed by atoms with Gasteiger partial charge in [-0.3, -0.25) is 0 Å². The van der Waals surface area contributed by atoms with Gasteiger partial charge in [0.1, 0.15) is 0 Å². The molecule has 0 atom stereocenters. The molecule has 0 fully saturated rings. The summed E-state index contributed by atoms with van der Waals surface area (Å²) in [6, 6.07) is 11.0. The van der Waals surface area contributed by atoms with Gasteiger partial charge in [0.05, 0.1) is 33.7 Å². The summed E-state index contributed by atoms with van der Waals surface area (Å²) in [4.78, 5) is 22.9. The minimum Gasteiger partial charge on any atom is -0.478 e. The van der Waals surface area contributed by atoms with E-state index in [0.29, 0.717) is 11.1 Å². The van der Waals surface area contributed by atoms with Crippen LogP contribution in [0.3, 0.4) is 0 Å². The van der Waals surface area contributed by atoms with E-state index in [1.807, 2.05) is 0 Å². The number of hydrogen-bond donors (Lipinski definition) is 4. The first-order valence-electron chi connectivity index (χ1n) is 8.92. The Morgan fingerprint density at radius 2 is 1.59 bits per heavy atom. The Morgan fingerprint density at radius 1 is 0.906 bits per heavy atom. The van der Waals surface area contributed by atoms with Crippen LogP contribution in [-0.4, -0.2) is 30.6 Å². The van der Waals surface area contributed by atoms with Gasteiger partial charge in [0, 0.05) is 21.9 Å². The number of carbonyl (C=O) groups is 2. The van der Waals surface area contributed by atoms with E-state index in [0.717, 1.165) is 6.07 Å². The number of benzene rings is 3. The van der Waals surface area contributed by atoms with E-state index in [4.69, 9.17) is 26.6 Å². The van der Waals surface area contributed by atoms with Gasteiger partial charge in [0.25, 0.3) is 9.05 Å². The van der Waals surface area contributed by atoms with E-state index < -0.39 is 25.9 Å². The molecule has 9 nitrogen and oxygen atoms in total. The number of anilines is 2. The minimum atomic E-state index is -4.35. The zero-order valence-corrected chi connectivity index (χ0v) is 17.6. The summed E-state index contributed by atoms with van der Waals surface area (Å²) in [5.41, 5.74) is 11.7. The highest BCUT2D eigenvalue weighted by atomic mass is 35.7. The molecule has 0 aliphatic rings. The van der Waals surface area contributed by atoms with Gasteiger partial charge in [-0.1, -0.05) is 6.07 Å². The molecule has 11 heteroatoms. The molecule has 0 radical (unpaired) electrons. The lowest BCUT2D eigenvalue weighted by Crippen LogP contribution is -2.05. The van der Waals surface area contributed by atoms with E-state index in [2.05, 4.69) is 0 Å². The van der Waals surface area contributed by atoms with E-state index in [-0.39, 0.29) is 44.5 Å². The monoisotopic (exact) mass is 473 g/mol. The van der Waals surface area contributed by atoms with Crippen LogP contribution in [0.4, 0.5) is 11.4 Å². The highest BCUT2D eigenvalue weighted by molar-refractivity contribution is 8.14. The molecule has 0 saturated heterocycles. The molecule has 0 aliphatic heterocycles. The molecule has 6 N–H and O–H groups in total. The summed E-state index contributed by atoms with van der Waals surface area (Å²) in [7, 11) is 1.26. The van der Waals surface area contributed by atoms with Crippen molar-refractivity contribution in [3.05, 3.63) is 59.7 Å². The molecule has 4 rings (SSSR count). The topological polar surface area (TPSA) is 172 Å². The van der Waals surface area contributed by atoms with Crippen molar-refractivity contribution in [3.63, 3.8) is 0 Å². The molecule has 3 aromatic carbocycles. The summed E-state index contributed by atoms with van der Waals surface area (Å²) in [6.07, 6.45) is 0. The number of aromatic carboxylic acids is 2. The van der Waals surface area contributed by atoms with Crippen LogP contribution < -0.4 is 11.5 Å². The maximum absolute atomic E-state index is 12.3. The fourth-order valence-electron chi connectivity index (χ4n) is 3.57. The van der Waals surface area contributed by atoms with Crippen LogP contribution in [0, 0.1) is 0 Å². The number of nitrogen functional groups attached to an aromatic ring is 2. The van der Waals surface area contributed by atoms with Gasteiger partial charge >= 0.3 is 23.1 Å². The predicted molar refractivity (Wildman–Crippen MR) is 119 cm³/mol. The van der Waals surface area contributed by atoms with Crippen molar-refractivity contribution in [2.45, 2.75) is 4.90 Å². The van der Waals surface area contributed by atoms with Gasteiger partial charge < -0.3 is 21.7 Å². The molecule has 162 valence electrons. The zero-order chi connectivity index (χ0) is 23.4. The number of carboxylic acid groups (broad SMARTS) is 2. The third kappa shape index (κ3) is 3.45. The zero-order valence-electron chi connectivity index (χ0n) is 16.0. The van der Waals surface area contributed by atoms with E-state index in [9.17, 15) is 28.2 Å². The molecular formula is C21H14ClN2O7S+. The second-order valence-electron chi connectivity index (χ2n) is 6.90. The average molecular weight is 474 g/mol. The van der Waals surface area contributed by atoms with Gasteiger partial charge in [-0.2, -0.15) is 0 Å². The quantitative estimate of drug-likeness (QED) is 0.148. The molecule has 0 unspecified atom stereocenters. The molecular weight excluding hydrogens is 460 g/mol. The molecule has 0 bridgehead atoms. The maximum Gasteiger partial charge on any atom is 0.383 e. The fraction of sp³-hybridized carbons (Fsp3) is 0. The van der Waals surface area contributed by atoms with Crippen LogP contribution in [0.15, 0.2) is 57.8 Å². The number of hydrogen-bond acceptors (Lipinski definition) is 6. The van der Waals surface area contributed by atoms with Crippen molar-refractivity contribution in [1.29, 1.82) is 0 Å². The number of rotatable bonds is 4. The molecule has 0 spiro atoms. The van der Waals surface area contributed by atoms with Crippen molar-refractivity contribution in [3.8, 4) is 11.1 Å². The van der Waals surface area contributed by atoms with Gasteiger partial charge in [-0.05, 0) is 42.0 Å². The molecule has 0 aliphatic carbocycles. The van der Waals surface area contributed by atoms with Crippen molar-refractivity contribution in [1.82, 2.24) is 0 Å². The Morgan fingerprint density at radius 3 is 2.22 bits per heavy atom. The highest BCUT2D eigenvalue weighted by Gasteiger charge is 2.32. The lowest BCUT2D eigenvalue weighted by molar-refractivity contribution is 0.0696. The third-order valence-corrected chi connectivity index (χ3v) is 6.28. The van der Waals surface area contributed by atoms with Crippen LogP contribution in [0.25, 0.3) is 33.1 Å². The van der Waals surface area contributed by atoms with Crippen LogP contribution in [0.1, 0.15) is 20.7 Å². The smallest absolute Gasteiger partial charge is 0.383 e. The molecule has 4 aromatic rings. The Balaban J connectivity index is 2.28. The first kappa shape index (κ1) is 21.3. The number of nitrogens with two attached hydrogens (primary N) is 2. The summed E-state index contributed by atoms with van der Waals surface area (Å²) in [6.45, 7) is 0. The van der Waals surface area contributed by atoms with Crippen LogP contribution in [0.5, 0.6) is 0 Å². The second-order valence-corrected chi connectivity index (χ2v) is 9.40. The standard InChI is InChI=1S/C21H13ClN2O7S/c22-32(29,30)19-15(24)6-5-13-17(12-4-2-10(23)8-16(12)31-18(13)19)11-3-1-9(20(25)26)7-14(11)21(27)28/h1-8H,23-24H2,(H-,25,26,27,28)/p+1. The van der Waals surface area contributed by atoms with E-state index in [1.54, 1.807) is 12.1 Å². The number of fused-ring (bicyclic) bond motifs is 2. The van der Waals surface area contributed by atoms with Gasteiger partial charge in [-0.25, -0.2) is 22.4 Å². The van der Waals surface area contributed by atoms with Crippen molar-refractivity contribution < 1.29 is 32.6 Å². The highest BCUT2D eigenvalue weighted by Crippen LogP contribution is 2.42. The van der Waals surface area contributed by atoms with Crippen molar-refractivity contribution in [2.75, 3.05) is 11.5 Å². The molecule has 1 heterocycles. The normalized spacial score (nSPS) is 11.7. The first-order valence-corrected chi connectivity index (χ1v) is 11.2. The van der Waals surface area contributed by atoms with Crippen LogP contribution in [0.2, 0.25) is 0 Å². The summed E-state index contributed by atoms with van der Waals surface area (Å²) >= 11 is 0. The molecule has 0 saturated carbocycles. The first-order chi connectivity index (χ1) is 15.0. The number of carboxylic acids is 2. The summed E-state index contributed by atoms with van der Waals surface area (Å²) in [5, 5.41) is 19.7. The Hall–Kier alpha value is -3.89. The minimum absolute atomic E-state index is 0.140. The maximum atomic E-state index is 12.3. The largest absolute Gasteiger partial charge is 0.478 e. The van der Waals surface area contributed by atoms with Crippen LogP contribution in [-0.2, 0) is 9.05 Å². The summed E-state index contributed by atoms with van der Waals surface area (Å²) < 4.78 is 30.3. The third-order valence-electron chi connectivity index (χ3n) is 4.91. The fourth-order valence-corrected chi connectivity index (χ4v) is 4.78. The van der Waals surface area contributed by atoms with Gasteiger partial charge in [0.15, 0.2) is 0 Å². The predicted octanol–water partition coefficient (Wildman–Crippen LogP) is 4.02. The molecule has 0 amide bonds. The number of halogens is 1. The van der Waals surface area contributed by atoms with Crippen LogP contribution >= 0.6 is 10.7 Å². The van der Waals surface area contributed by atoms with Gasteiger partial charge in [0.2, 0.25) is 4.90 Å². The van der Waals surface area contributed by atoms with Gasteiger partial charge in [-0.15, -0.1) is 0 Å². The second kappa shape index (κ2) is 7.36.